The van der Waals surface area contributed by atoms with Crippen LogP contribution in [0.25, 0.3) is 0 Å². The van der Waals surface area contributed by atoms with Crippen molar-refractivity contribution in [2.45, 2.75) is 6.42 Å². The predicted octanol–water partition coefficient (Wildman–Crippen LogP) is 0.123. The van der Waals surface area contributed by atoms with E-state index < -0.39 is 17.3 Å². The van der Waals surface area contributed by atoms with Crippen molar-refractivity contribution in [3.63, 3.8) is 0 Å². The number of primary amides is 1. The highest BCUT2D eigenvalue weighted by Crippen LogP contribution is 2.43. The van der Waals surface area contributed by atoms with E-state index in [-0.39, 0.29) is 30.7 Å². The van der Waals surface area contributed by atoms with Crippen LogP contribution in [0.5, 0.6) is 11.5 Å². The summed E-state index contributed by atoms with van der Waals surface area (Å²) in [4.78, 5) is 37.2. The molecule has 0 radical (unpaired) electrons. The van der Waals surface area contributed by atoms with Gasteiger partial charge in [-0.1, -0.05) is 0 Å². The van der Waals surface area contributed by atoms with Gasteiger partial charge in [0.25, 0.3) is 11.8 Å². The van der Waals surface area contributed by atoms with E-state index in [1.807, 2.05) is 0 Å². The zero-order chi connectivity index (χ0) is 19.6. The van der Waals surface area contributed by atoms with E-state index in [4.69, 9.17) is 19.9 Å². The van der Waals surface area contributed by atoms with Gasteiger partial charge in [0.1, 0.15) is 0 Å². The van der Waals surface area contributed by atoms with Crippen molar-refractivity contribution in [1.29, 1.82) is 0 Å². The first-order valence-corrected chi connectivity index (χ1v) is 8.57. The van der Waals surface area contributed by atoms with Crippen LogP contribution >= 0.6 is 0 Å². The molecule has 2 heterocycles. The fourth-order valence-electron chi connectivity index (χ4n) is 3.71. The summed E-state index contributed by atoms with van der Waals surface area (Å²) in [5, 5.41) is 9.72. The Morgan fingerprint density at radius 3 is 2.78 bits per heavy atom. The third-order valence-corrected chi connectivity index (χ3v) is 5.20. The molecule has 27 heavy (non-hydrogen) atoms. The summed E-state index contributed by atoms with van der Waals surface area (Å²) < 4.78 is 15.9. The van der Waals surface area contributed by atoms with Crippen molar-refractivity contribution < 1.29 is 33.7 Å². The second-order valence-electron chi connectivity index (χ2n) is 6.79. The van der Waals surface area contributed by atoms with Crippen LogP contribution < -0.4 is 15.2 Å². The van der Waals surface area contributed by atoms with Crippen LogP contribution in [0.1, 0.15) is 16.8 Å². The van der Waals surface area contributed by atoms with E-state index in [2.05, 4.69) is 0 Å². The van der Waals surface area contributed by atoms with Gasteiger partial charge in [0, 0.05) is 31.2 Å². The highest BCUT2D eigenvalue weighted by molar-refractivity contribution is 5.96. The van der Waals surface area contributed by atoms with E-state index in [0.717, 1.165) is 0 Å². The molecule has 0 bridgehead atoms. The number of rotatable bonds is 6. The lowest BCUT2D eigenvalue weighted by Crippen LogP contribution is -2.45. The molecular weight excluding hydrogens is 356 g/mol. The normalized spacial score (nSPS) is 24.2. The van der Waals surface area contributed by atoms with Crippen molar-refractivity contribution in [3.05, 3.63) is 23.8 Å². The zero-order valence-corrected chi connectivity index (χ0v) is 15.0. The number of likely N-dealkylation sites (tertiary alicyclic amines) is 1. The van der Waals surface area contributed by atoms with Gasteiger partial charge in [-0.2, -0.15) is 0 Å². The first kappa shape index (κ1) is 19.0. The Kier molecular flexibility index (Phi) is 5.22. The number of nitrogens with zero attached hydrogens (tertiary/aromatic N) is 1. The minimum absolute atomic E-state index is 0.150. The predicted molar refractivity (Wildman–Crippen MR) is 92.6 cm³/mol. The lowest BCUT2D eigenvalue weighted by atomic mass is 9.74. The van der Waals surface area contributed by atoms with Crippen molar-refractivity contribution >= 4 is 17.8 Å². The number of hydrogen-bond acceptors (Lipinski definition) is 6. The van der Waals surface area contributed by atoms with E-state index in [9.17, 15) is 19.5 Å². The largest absolute Gasteiger partial charge is 0.493 e. The maximum absolute atomic E-state index is 12.9. The van der Waals surface area contributed by atoms with Crippen LogP contribution in [0.4, 0.5) is 0 Å². The molecular formula is C18H22N2O7. The number of carboxylic acid groups (broad SMARTS) is 1. The molecule has 9 nitrogen and oxygen atoms in total. The lowest BCUT2D eigenvalue weighted by molar-refractivity contribution is -0.157. The summed E-state index contributed by atoms with van der Waals surface area (Å²) >= 11 is 0. The maximum atomic E-state index is 12.9. The Morgan fingerprint density at radius 2 is 2.15 bits per heavy atom. The summed E-state index contributed by atoms with van der Waals surface area (Å²) in [6.45, 7) is 0.882. The van der Waals surface area contributed by atoms with Crippen LogP contribution in [-0.4, -0.2) is 67.8 Å². The summed E-state index contributed by atoms with van der Waals surface area (Å²) in [7, 11) is 1.42. The number of amides is 2. The van der Waals surface area contributed by atoms with Gasteiger partial charge in [0.2, 0.25) is 0 Å². The molecule has 1 aromatic carbocycles. The van der Waals surface area contributed by atoms with Gasteiger partial charge < -0.3 is 30.0 Å². The number of nitrogens with two attached hydrogens (primary N) is 1. The quantitative estimate of drug-likeness (QED) is 0.719. The number of methoxy groups -OCH3 is 1. The van der Waals surface area contributed by atoms with Crippen molar-refractivity contribution in [2.75, 3.05) is 40.0 Å². The van der Waals surface area contributed by atoms with E-state index >= 15 is 0 Å². The van der Waals surface area contributed by atoms with Gasteiger partial charge in [-0.05, 0) is 24.6 Å². The Bertz CT molecular complexity index is 766. The molecule has 0 spiro atoms. The second-order valence-corrected chi connectivity index (χ2v) is 6.79. The topological polar surface area (TPSA) is 128 Å². The number of carboxylic acids is 1. The Balaban J connectivity index is 1.80. The van der Waals surface area contributed by atoms with Crippen LogP contribution in [0, 0.1) is 11.3 Å². The summed E-state index contributed by atoms with van der Waals surface area (Å²) in [5.74, 6) is -1.46. The van der Waals surface area contributed by atoms with Crippen molar-refractivity contribution in [2.24, 2.45) is 17.1 Å². The monoisotopic (exact) mass is 378 g/mol. The number of fused-ring (bicyclic) bond motifs is 1. The maximum Gasteiger partial charge on any atom is 0.311 e. The number of benzene rings is 1. The summed E-state index contributed by atoms with van der Waals surface area (Å²) in [6, 6.07) is 4.58. The first-order chi connectivity index (χ1) is 12.9. The van der Waals surface area contributed by atoms with Gasteiger partial charge >= 0.3 is 5.97 Å². The summed E-state index contributed by atoms with van der Waals surface area (Å²) in [5.41, 5.74) is 4.45. The average molecular weight is 378 g/mol. The van der Waals surface area contributed by atoms with Crippen LogP contribution in [0.3, 0.4) is 0 Å². The molecule has 2 amide bonds. The molecule has 0 saturated carbocycles. The van der Waals surface area contributed by atoms with Gasteiger partial charge in [-0.3, -0.25) is 14.4 Å². The molecule has 3 rings (SSSR count). The zero-order valence-electron chi connectivity index (χ0n) is 15.0. The lowest BCUT2D eigenvalue weighted by Gasteiger charge is -2.33. The highest BCUT2D eigenvalue weighted by Gasteiger charge is 2.54. The minimum atomic E-state index is -0.956. The standard InChI is InChI=1S/C18H22N2O7/c1-25-14-6-11(2-3-13(14)27-9-15(19)21)16(22)20-7-12-8-26-5-4-18(12,10-20)17(23)24/h2-3,6,12H,4-5,7-10H2,1H3,(H2,19,21)(H,23,24)/t12-,18+/m0/s1. The number of carbonyl (C=O) groups is 3. The number of ether oxygens (including phenoxy) is 3. The van der Waals surface area contributed by atoms with Crippen LogP contribution in [0.2, 0.25) is 0 Å². The Morgan fingerprint density at radius 1 is 1.37 bits per heavy atom. The molecule has 9 heteroatoms. The SMILES string of the molecule is COc1cc(C(=O)N2C[C@H]3COCC[C@@]3(C(=O)O)C2)ccc1OCC(N)=O. The molecule has 2 fully saturated rings. The third kappa shape index (κ3) is 3.55. The summed E-state index contributed by atoms with van der Waals surface area (Å²) in [6.07, 6.45) is 0.389. The Labute approximate surface area is 156 Å². The average Bonchev–Trinajstić information content (AvgIpc) is 3.06. The Hall–Kier alpha value is -2.81. The second kappa shape index (κ2) is 7.43. The van der Waals surface area contributed by atoms with Gasteiger partial charge in [0.15, 0.2) is 18.1 Å². The van der Waals surface area contributed by atoms with Crippen molar-refractivity contribution in [3.8, 4) is 11.5 Å². The van der Waals surface area contributed by atoms with E-state index in [1.54, 1.807) is 11.0 Å². The fourth-order valence-corrected chi connectivity index (χ4v) is 3.71. The van der Waals surface area contributed by atoms with Gasteiger partial charge in [0.05, 0.1) is 19.1 Å². The van der Waals surface area contributed by atoms with Crippen LogP contribution in [0.15, 0.2) is 18.2 Å². The first-order valence-electron chi connectivity index (χ1n) is 8.57. The molecule has 2 aliphatic heterocycles. The smallest absolute Gasteiger partial charge is 0.311 e. The van der Waals surface area contributed by atoms with Crippen LogP contribution in [-0.2, 0) is 14.3 Å². The number of carbonyl (C=O) groups excluding carboxylic acids is 2. The molecule has 3 N–H and O–H groups in total. The molecule has 1 aromatic rings. The van der Waals surface area contributed by atoms with Crippen molar-refractivity contribution in [1.82, 2.24) is 4.90 Å². The molecule has 0 unspecified atom stereocenters. The molecule has 2 atom stereocenters. The number of aliphatic carboxylic acids is 1. The van der Waals surface area contributed by atoms with E-state index in [0.29, 0.717) is 37.5 Å². The van der Waals surface area contributed by atoms with Gasteiger partial charge in [-0.25, -0.2) is 0 Å². The fraction of sp³-hybridized carbons (Fsp3) is 0.500. The van der Waals surface area contributed by atoms with E-state index in [1.165, 1.54) is 19.2 Å². The molecule has 0 aromatic heterocycles. The third-order valence-electron chi connectivity index (χ3n) is 5.20. The number of hydrogen-bond donors (Lipinski definition) is 2. The molecule has 2 saturated heterocycles. The minimum Gasteiger partial charge on any atom is -0.493 e. The highest BCUT2D eigenvalue weighted by atomic mass is 16.5. The molecule has 146 valence electrons. The van der Waals surface area contributed by atoms with Gasteiger partial charge in [-0.15, -0.1) is 0 Å². The molecule has 2 aliphatic rings. The molecule has 0 aliphatic carbocycles.